The van der Waals surface area contributed by atoms with Crippen molar-refractivity contribution in [2.45, 2.75) is 6.92 Å². The summed E-state index contributed by atoms with van der Waals surface area (Å²) in [5.74, 6) is -1.05. The minimum Gasteiger partial charge on any atom is -0.508 e. The van der Waals surface area contributed by atoms with Gasteiger partial charge in [0.1, 0.15) is 11.5 Å². The number of nitrogens with zero attached hydrogens (tertiary/aromatic N) is 2. The van der Waals surface area contributed by atoms with Crippen molar-refractivity contribution in [2.75, 3.05) is 27.2 Å². The summed E-state index contributed by atoms with van der Waals surface area (Å²) in [5.41, 5.74) is -0.0200. The van der Waals surface area contributed by atoms with Crippen LogP contribution in [0.5, 0.6) is 11.5 Å². The molecule has 0 saturated heterocycles. The normalized spacial score (nSPS) is 10.1. The summed E-state index contributed by atoms with van der Waals surface area (Å²) >= 11 is 0. The molecule has 0 unspecified atom stereocenters. The maximum atomic E-state index is 12.2. The number of phenols is 2. The van der Waals surface area contributed by atoms with Crippen LogP contribution in [0.3, 0.4) is 0 Å². The topological polar surface area (TPSA) is 81.1 Å². The molecule has 19 heavy (non-hydrogen) atoms. The third kappa shape index (κ3) is 3.61. The molecular formula is C13H18N2O4. The quantitative estimate of drug-likeness (QED) is 0.784. The molecule has 0 spiro atoms. The minimum atomic E-state index is -0.494. The minimum absolute atomic E-state index is 0.0200. The van der Waals surface area contributed by atoms with Gasteiger partial charge < -0.3 is 20.0 Å². The lowest BCUT2D eigenvalue weighted by Gasteiger charge is -2.22. The maximum Gasteiger partial charge on any atom is 0.258 e. The average molecular weight is 266 g/mol. The standard InChI is InChI=1S/C13H18N2O4/c1-4-15(8-12(18)14(2)3)13(19)10-7-9(16)5-6-11(10)17/h5-7,16-17H,4,8H2,1-3H3. The van der Waals surface area contributed by atoms with E-state index >= 15 is 0 Å². The molecule has 0 aliphatic heterocycles. The molecular weight excluding hydrogens is 248 g/mol. The Morgan fingerprint density at radius 1 is 1.21 bits per heavy atom. The fourth-order valence-electron chi connectivity index (χ4n) is 1.50. The van der Waals surface area contributed by atoms with Crippen LogP contribution in [0, 0.1) is 0 Å². The Hall–Kier alpha value is -2.24. The number of hydrogen-bond donors (Lipinski definition) is 2. The molecule has 1 rings (SSSR count). The first-order valence-electron chi connectivity index (χ1n) is 5.88. The van der Waals surface area contributed by atoms with E-state index in [1.54, 1.807) is 21.0 Å². The van der Waals surface area contributed by atoms with Crippen LogP contribution in [-0.4, -0.2) is 59.0 Å². The predicted molar refractivity (Wildman–Crippen MR) is 70.0 cm³/mol. The number of carbonyl (C=O) groups excluding carboxylic acids is 2. The molecule has 0 bridgehead atoms. The second-order valence-electron chi connectivity index (χ2n) is 4.31. The van der Waals surface area contributed by atoms with Gasteiger partial charge >= 0.3 is 0 Å². The summed E-state index contributed by atoms with van der Waals surface area (Å²) in [7, 11) is 3.21. The molecule has 0 aliphatic carbocycles. The molecule has 2 amide bonds. The molecule has 1 aromatic carbocycles. The Bertz CT molecular complexity index is 486. The van der Waals surface area contributed by atoms with Gasteiger partial charge in [0, 0.05) is 20.6 Å². The molecule has 0 fully saturated rings. The molecule has 0 saturated carbocycles. The summed E-state index contributed by atoms with van der Waals surface area (Å²) < 4.78 is 0. The van der Waals surface area contributed by atoms with Gasteiger partial charge in [-0.15, -0.1) is 0 Å². The summed E-state index contributed by atoms with van der Waals surface area (Å²) in [6.45, 7) is 1.99. The van der Waals surface area contributed by atoms with Gasteiger partial charge in [-0.25, -0.2) is 0 Å². The van der Waals surface area contributed by atoms with Crippen LogP contribution in [0.25, 0.3) is 0 Å². The molecule has 2 N–H and O–H groups in total. The van der Waals surface area contributed by atoms with E-state index in [-0.39, 0.29) is 29.5 Å². The lowest BCUT2D eigenvalue weighted by Crippen LogP contribution is -2.40. The number of likely N-dealkylation sites (N-methyl/N-ethyl adjacent to an activating group) is 2. The number of amides is 2. The van der Waals surface area contributed by atoms with E-state index in [1.165, 1.54) is 28.0 Å². The van der Waals surface area contributed by atoms with Gasteiger partial charge in [-0.1, -0.05) is 0 Å². The fraction of sp³-hybridized carbons (Fsp3) is 0.385. The van der Waals surface area contributed by atoms with Crippen LogP contribution in [-0.2, 0) is 4.79 Å². The van der Waals surface area contributed by atoms with Gasteiger partial charge in [-0.2, -0.15) is 0 Å². The van der Waals surface area contributed by atoms with Crippen LogP contribution in [0.2, 0.25) is 0 Å². The van der Waals surface area contributed by atoms with Gasteiger partial charge in [0.05, 0.1) is 12.1 Å². The summed E-state index contributed by atoms with van der Waals surface area (Å²) in [6.07, 6.45) is 0. The molecule has 0 heterocycles. The monoisotopic (exact) mass is 266 g/mol. The molecule has 6 nitrogen and oxygen atoms in total. The molecule has 0 radical (unpaired) electrons. The molecule has 104 valence electrons. The highest BCUT2D eigenvalue weighted by atomic mass is 16.3. The van der Waals surface area contributed by atoms with Gasteiger partial charge in [0.25, 0.3) is 5.91 Å². The van der Waals surface area contributed by atoms with E-state index in [9.17, 15) is 19.8 Å². The lowest BCUT2D eigenvalue weighted by molar-refractivity contribution is -0.129. The average Bonchev–Trinajstić information content (AvgIpc) is 2.37. The van der Waals surface area contributed by atoms with Gasteiger partial charge in [0.15, 0.2) is 0 Å². The second kappa shape index (κ2) is 6.08. The number of hydrogen-bond acceptors (Lipinski definition) is 4. The number of benzene rings is 1. The maximum absolute atomic E-state index is 12.2. The highest BCUT2D eigenvalue weighted by Gasteiger charge is 2.21. The summed E-state index contributed by atoms with van der Waals surface area (Å²) in [6, 6.07) is 3.71. The number of carbonyl (C=O) groups is 2. The Labute approximate surface area is 111 Å². The van der Waals surface area contributed by atoms with E-state index in [4.69, 9.17) is 0 Å². The third-order valence-electron chi connectivity index (χ3n) is 2.70. The van der Waals surface area contributed by atoms with Crippen molar-refractivity contribution in [1.82, 2.24) is 9.80 Å². The van der Waals surface area contributed by atoms with E-state index < -0.39 is 5.91 Å². The van der Waals surface area contributed by atoms with Crippen LogP contribution in [0.4, 0.5) is 0 Å². The first kappa shape index (κ1) is 14.8. The lowest BCUT2D eigenvalue weighted by atomic mass is 10.1. The summed E-state index contributed by atoms with van der Waals surface area (Å²) in [4.78, 5) is 26.5. The molecule has 1 aromatic rings. The first-order chi connectivity index (χ1) is 8.86. The molecule has 0 aromatic heterocycles. The number of aromatic hydroxyl groups is 2. The third-order valence-corrected chi connectivity index (χ3v) is 2.70. The van der Waals surface area contributed by atoms with E-state index in [1.807, 2.05) is 0 Å². The van der Waals surface area contributed by atoms with Crippen molar-refractivity contribution < 1.29 is 19.8 Å². The zero-order valence-electron chi connectivity index (χ0n) is 11.3. The smallest absolute Gasteiger partial charge is 0.258 e. The Kier molecular flexibility index (Phi) is 4.74. The predicted octanol–water partition coefficient (Wildman–Crippen LogP) is 0.648. The number of rotatable bonds is 4. The summed E-state index contributed by atoms with van der Waals surface area (Å²) in [5, 5.41) is 19.0. The van der Waals surface area contributed by atoms with Gasteiger partial charge in [-0.05, 0) is 25.1 Å². The Balaban J connectivity index is 2.95. The largest absolute Gasteiger partial charge is 0.508 e. The second-order valence-corrected chi connectivity index (χ2v) is 4.31. The molecule has 0 atom stereocenters. The van der Waals surface area contributed by atoms with E-state index in [0.29, 0.717) is 6.54 Å². The van der Waals surface area contributed by atoms with Crippen molar-refractivity contribution in [3.05, 3.63) is 23.8 Å². The van der Waals surface area contributed by atoms with Crippen molar-refractivity contribution in [1.29, 1.82) is 0 Å². The van der Waals surface area contributed by atoms with Crippen molar-refractivity contribution in [2.24, 2.45) is 0 Å². The van der Waals surface area contributed by atoms with Gasteiger partial charge in [0.2, 0.25) is 5.91 Å². The zero-order chi connectivity index (χ0) is 14.6. The van der Waals surface area contributed by atoms with Crippen LogP contribution < -0.4 is 0 Å². The molecule has 6 heteroatoms. The van der Waals surface area contributed by atoms with Crippen LogP contribution in [0.1, 0.15) is 17.3 Å². The number of phenolic OH excluding ortho intramolecular Hbond substituents is 2. The van der Waals surface area contributed by atoms with Crippen molar-refractivity contribution in [3.63, 3.8) is 0 Å². The van der Waals surface area contributed by atoms with Crippen LogP contribution in [0.15, 0.2) is 18.2 Å². The molecule has 0 aliphatic rings. The fourth-order valence-corrected chi connectivity index (χ4v) is 1.50. The van der Waals surface area contributed by atoms with Crippen molar-refractivity contribution in [3.8, 4) is 11.5 Å². The van der Waals surface area contributed by atoms with Crippen LogP contribution >= 0.6 is 0 Å². The van der Waals surface area contributed by atoms with E-state index in [0.717, 1.165) is 0 Å². The Morgan fingerprint density at radius 3 is 2.37 bits per heavy atom. The first-order valence-corrected chi connectivity index (χ1v) is 5.88. The SMILES string of the molecule is CCN(CC(=O)N(C)C)C(=O)c1cc(O)ccc1O. The van der Waals surface area contributed by atoms with Crippen molar-refractivity contribution >= 4 is 11.8 Å². The highest BCUT2D eigenvalue weighted by Crippen LogP contribution is 2.23. The van der Waals surface area contributed by atoms with E-state index in [2.05, 4.69) is 0 Å². The van der Waals surface area contributed by atoms with Gasteiger partial charge in [-0.3, -0.25) is 9.59 Å². The highest BCUT2D eigenvalue weighted by molar-refractivity contribution is 5.99. The zero-order valence-corrected chi connectivity index (χ0v) is 11.3. The Morgan fingerprint density at radius 2 is 1.84 bits per heavy atom.